The van der Waals surface area contributed by atoms with Gasteiger partial charge in [0.05, 0.1) is 18.2 Å². The number of ketones is 1. The fourth-order valence-corrected chi connectivity index (χ4v) is 5.05. The van der Waals surface area contributed by atoms with Gasteiger partial charge in [0.2, 0.25) is 0 Å². The van der Waals surface area contributed by atoms with Gasteiger partial charge in [0, 0.05) is 55.9 Å². The number of benzene rings is 2. The Morgan fingerprint density at radius 3 is 2.43 bits per heavy atom. The molecule has 2 atom stereocenters. The molecule has 2 aromatic carbocycles. The number of nitrogens with one attached hydrogen (secondary N) is 2. The molecule has 1 fully saturated rings. The van der Waals surface area contributed by atoms with Gasteiger partial charge in [-0.3, -0.25) is 19.3 Å². The second kappa shape index (κ2) is 11.1. The topological polar surface area (TPSA) is 94.7 Å². The molecule has 1 aliphatic rings. The lowest BCUT2D eigenvalue weighted by atomic mass is 9.88. The Labute approximate surface area is 215 Å². The molecule has 2 N–H and O–H groups in total. The van der Waals surface area contributed by atoms with Crippen molar-refractivity contribution >= 4 is 28.5 Å². The Bertz CT molecular complexity index is 1300. The Hall–Kier alpha value is -3.72. The molecule has 0 saturated heterocycles. The van der Waals surface area contributed by atoms with Crippen LogP contribution in [-0.2, 0) is 11.3 Å². The third-order valence-corrected chi connectivity index (χ3v) is 7.05. The summed E-state index contributed by atoms with van der Waals surface area (Å²) in [6, 6.07) is 9.76. The van der Waals surface area contributed by atoms with E-state index in [9.17, 15) is 18.8 Å². The zero-order valence-electron chi connectivity index (χ0n) is 21.6. The number of ether oxygens (including phenoxy) is 1. The van der Waals surface area contributed by atoms with E-state index in [4.69, 9.17) is 4.74 Å². The first-order valence-electron chi connectivity index (χ1n) is 12.4. The standard InChI is InChI=1S/C28H33FN4O4/c1-32(2)28(36)26(34)21-15-30-23-14-25(37-4)20(13-19(21)23)27(35)31-22-7-5-6-8-24(22)33(3)16-17-9-11-18(29)12-10-17/h9-15,22,24,30H,5-8,16H2,1-4H3,(H,31,35)/t22-,24-/m1/s1. The summed E-state index contributed by atoms with van der Waals surface area (Å²) in [7, 11) is 6.54. The number of carbonyl (C=O) groups is 3. The van der Waals surface area contributed by atoms with E-state index in [0.29, 0.717) is 28.8 Å². The summed E-state index contributed by atoms with van der Waals surface area (Å²) in [4.78, 5) is 45.0. The molecule has 0 radical (unpaired) electrons. The summed E-state index contributed by atoms with van der Waals surface area (Å²) in [5.74, 6) is -1.49. The first kappa shape index (κ1) is 26.3. The van der Waals surface area contributed by atoms with Gasteiger partial charge in [0.15, 0.2) is 0 Å². The highest BCUT2D eigenvalue weighted by molar-refractivity contribution is 6.44. The number of carbonyl (C=O) groups excluding carboxylic acids is 3. The summed E-state index contributed by atoms with van der Waals surface area (Å²) in [5, 5.41) is 3.68. The SMILES string of the molecule is COc1cc2[nH]cc(C(=O)C(=O)N(C)C)c2cc1C(=O)N[C@@H]1CCCC[C@H]1N(C)Cc1ccc(F)cc1. The highest BCUT2D eigenvalue weighted by Gasteiger charge is 2.31. The number of methoxy groups -OCH3 is 1. The predicted molar refractivity (Wildman–Crippen MR) is 139 cm³/mol. The maximum absolute atomic E-state index is 13.5. The van der Waals surface area contributed by atoms with Crippen molar-refractivity contribution in [2.24, 2.45) is 0 Å². The smallest absolute Gasteiger partial charge is 0.294 e. The molecule has 8 nitrogen and oxygen atoms in total. The number of amides is 2. The zero-order valence-corrected chi connectivity index (χ0v) is 21.6. The van der Waals surface area contributed by atoms with Crippen molar-refractivity contribution in [1.82, 2.24) is 20.1 Å². The van der Waals surface area contributed by atoms with Crippen molar-refractivity contribution in [3.05, 3.63) is 65.1 Å². The van der Waals surface area contributed by atoms with Crippen molar-refractivity contribution in [2.45, 2.75) is 44.3 Å². The number of rotatable bonds is 8. The number of halogens is 1. The molecule has 196 valence electrons. The summed E-state index contributed by atoms with van der Waals surface area (Å²) in [6.07, 6.45) is 5.32. The minimum Gasteiger partial charge on any atom is -0.496 e. The maximum Gasteiger partial charge on any atom is 0.294 e. The summed E-state index contributed by atoms with van der Waals surface area (Å²) < 4.78 is 18.8. The maximum atomic E-state index is 13.5. The van der Waals surface area contributed by atoms with Crippen molar-refractivity contribution in [2.75, 3.05) is 28.3 Å². The van der Waals surface area contributed by atoms with E-state index in [1.165, 1.54) is 44.4 Å². The van der Waals surface area contributed by atoms with Crippen LogP contribution in [0.5, 0.6) is 5.75 Å². The lowest BCUT2D eigenvalue weighted by Gasteiger charge is -2.38. The minimum atomic E-state index is -0.650. The average molecular weight is 509 g/mol. The molecule has 0 bridgehead atoms. The summed E-state index contributed by atoms with van der Waals surface area (Å²) in [6.45, 7) is 0.640. The molecule has 0 spiro atoms. The van der Waals surface area contributed by atoms with E-state index >= 15 is 0 Å². The van der Waals surface area contributed by atoms with Gasteiger partial charge in [-0.25, -0.2) is 4.39 Å². The number of Topliss-reactive ketones (excluding diaryl/α,β-unsaturated/α-hetero) is 1. The number of aromatic amines is 1. The Kier molecular flexibility index (Phi) is 7.92. The van der Waals surface area contributed by atoms with Crippen LogP contribution in [0.4, 0.5) is 4.39 Å². The van der Waals surface area contributed by atoms with Gasteiger partial charge in [-0.1, -0.05) is 25.0 Å². The molecule has 1 saturated carbocycles. The molecule has 9 heteroatoms. The highest BCUT2D eigenvalue weighted by Crippen LogP contribution is 2.30. The van der Waals surface area contributed by atoms with Gasteiger partial charge in [-0.15, -0.1) is 0 Å². The van der Waals surface area contributed by atoms with Crippen molar-refractivity contribution in [3.63, 3.8) is 0 Å². The van der Waals surface area contributed by atoms with E-state index in [1.807, 2.05) is 7.05 Å². The molecule has 3 aromatic rings. The molecule has 4 rings (SSSR count). The normalized spacial score (nSPS) is 17.6. The average Bonchev–Trinajstić information content (AvgIpc) is 3.31. The fraction of sp³-hybridized carbons (Fsp3) is 0.393. The van der Waals surface area contributed by atoms with Crippen LogP contribution in [0.1, 0.15) is 52.0 Å². The van der Waals surface area contributed by atoms with Gasteiger partial charge < -0.3 is 19.9 Å². The van der Waals surface area contributed by atoms with Crippen LogP contribution in [0.15, 0.2) is 42.6 Å². The first-order chi connectivity index (χ1) is 17.7. The molecule has 1 heterocycles. The monoisotopic (exact) mass is 508 g/mol. The van der Waals surface area contributed by atoms with Crippen LogP contribution in [0.3, 0.4) is 0 Å². The van der Waals surface area contributed by atoms with Crippen LogP contribution in [0.2, 0.25) is 0 Å². The number of hydrogen-bond acceptors (Lipinski definition) is 5. The first-order valence-corrected chi connectivity index (χ1v) is 12.4. The molecule has 1 aromatic heterocycles. The fourth-order valence-electron chi connectivity index (χ4n) is 5.05. The zero-order chi connectivity index (χ0) is 26.7. The van der Waals surface area contributed by atoms with E-state index in [2.05, 4.69) is 15.2 Å². The summed E-state index contributed by atoms with van der Waals surface area (Å²) >= 11 is 0. The van der Waals surface area contributed by atoms with Crippen LogP contribution in [0, 0.1) is 5.82 Å². The van der Waals surface area contributed by atoms with E-state index in [1.54, 1.807) is 24.3 Å². The quantitative estimate of drug-likeness (QED) is 0.357. The van der Waals surface area contributed by atoms with Gasteiger partial charge >= 0.3 is 0 Å². The molecular formula is C28H33FN4O4. The highest BCUT2D eigenvalue weighted by atomic mass is 19.1. The third-order valence-electron chi connectivity index (χ3n) is 7.05. The molecule has 1 aliphatic carbocycles. The second-order valence-electron chi connectivity index (χ2n) is 9.80. The van der Waals surface area contributed by atoms with Gasteiger partial charge in [-0.2, -0.15) is 0 Å². The van der Waals surface area contributed by atoms with Crippen molar-refractivity contribution < 1.29 is 23.5 Å². The van der Waals surface area contributed by atoms with Crippen molar-refractivity contribution in [3.8, 4) is 5.75 Å². The molecule has 0 aliphatic heterocycles. The summed E-state index contributed by atoms with van der Waals surface area (Å²) in [5.41, 5.74) is 2.10. The molecule has 37 heavy (non-hydrogen) atoms. The number of fused-ring (bicyclic) bond motifs is 1. The van der Waals surface area contributed by atoms with Crippen LogP contribution >= 0.6 is 0 Å². The van der Waals surface area contributed by atoms with Crippen LogP contribution in [-0.4, -0.2) is 72.7 Å². The van der Waals surface area contributed by atoms with Gasteiger partial charge in [0.1, 0.15) is 11.6 Å². The largest absolute Gasteiger partial charge is 0.496 e. The molecule has 2 amide bonds. The minimum absolute atomic E-state index is 0.0882. The number of aromatic nitrogens is 1. The Morgan fingerprint density at radius 1 is 1.05 bits per heavy atom. The number of hydrogen-bond donors (Lipinski definition) is 2. The van der Waals surface area contributed by atoms with Crippen molar-refractivity contribution in [1.29, 1.82) is 0 Å². The predicted octanol–water partition coefficient (Wildman–Crippen LogP) is 3.76. The lowest BCUT2D eigenvalue weighted by Crippen LogP contribution is -2.52. The second-order valence-corrected chi connectivity index (χ2v) is 9.80. The number of likely N-dealkylation sites (N-methyl/N-ethyl adjacent to an activating group) is 2. The van der Waals surface area contributed by atoms with Gasteiger partial charge in [-0.05, 0) is 43.7 Å². The molecule has 0 unspecified atom stereocenters. The van der Waals surface area contributed by atoms with E-state index < -0.39 is 11.7 Å². The van der Waals surface area contributed by atoms with Crippen LogP contribution in [0.25, 0.3) is 10.9 Å². The molecular weight excluding hydrogens is 475 g/mol. The number of H-pyrrole nitrogens is 1. The van der Waals surface area contributed by atoms with E-state index in [0.717, 1.165) is 31.2 Å². The number of nitrogens with zero attached hydrogens (tertiary/aromatic N) is 2. The van der Waals surface area contributed by atoms with E-state index in [-0.39, 0.29) is 29.4 Å². The lowest BCUT2D eigenvalue weighted by molar-refractivity contribution is -0.124. The van der Waals surface area contributed by atoms with Gasteiger partial charge in [0.25, 0.3) is 17.6 Å². The van der Waals surface area contributed by atoms with Crippen LogP contribution < -0.4 is 10.1 Å². The Balaban J connectivity index is 1.58. The Morgan fingerprint density at radius 2 is 1.76 bits per heavy atom. The third kappa shape index (κ3) is 5.67.